The fourth-order valence-corrected chi connectivity index (χ4v) is 10.2. The summed E-state index contributed by atoms with van der Waals surface area (Å²) in [5.41, 5.74) is -62.4. The second kappa shape index (κ2) is 24.9. The van der Waals surface area contributed by atoms with Crippen molar-refractivity contribution in [3.05, 3.63) is 245 Å². The summed E-state index contributed by atoms with van der Waals surface area (Å²) in [6.45, 7) is 0. The van der Waals surface area contributed by atoms with Crippen LogP contribution in [0.1, 0.15) is 0 Å². The van der Waals surface area contributed by atoms with E-state index >= 15 is 127 Å². The van der Waals surface area contributed by atoms with Crippen molar-refractivity contribution in [1.29, 1.82) is 0 Å². The lowest BCUT2D eigenvalue weighted by atomic mass is 9.85. The van der Waals surface area contributed by atoms with Gasteiger partial charge in [-0.3, -0.25) is 0 Å². The van der Waals surface area contributed by atoms with Gasteiger partial charge in [-0.1, -0.05) is 0 Å². The van der Waals surface area contributed by atoms with Gasteiger partial charge in [-0.15, -0.1) is 0 Å². The summed E-state index contributed by atoms with van der Waals surface area (Å²) < 4.78 is 642. The van der Waals surface area contributed by atoms with Crippen LogP contribution < -0.4 is 0 Å². The molecule has 0 bridgehead atoms. The van der Waals surface area contributed by atoms with Gasteiger partial charge in [0.1, 0.15) is 29.1 Å². The number of hydrogen-bond acceptors (Lipinski definition) is 0. The molecule has 0 atom stereocenters. The van der Waals surface area contributed by atoms with Gasteiger partial charge >= 0.3 is 0 Å². The molecule has 0 N–H and O–H groups in total. The van der Waals surface area contributed by atoms with E-state index in [1.807, 2.05) is 0 Å². The summed E-state index contributed by atoms with van der Waals surface area (Å²) in [5.74, 6) is -150. The highest BCUT2D eigenvalue weighted by molar-refractivity contribution is 5.91. The summed E-state index contributed by atoms with van der Waals surface area (Å²) >= 11 is 0. The lowest BCUT2D eigenvalue weighted by Crippen LogP contribution is -2.14. The fraction of sp³-hybridized carbons (Fsp3) is 0. The van der Waals surface area contributed by atoms with Crippen LogP contribution in [0.4, 0.5) is 180 Å². The zero-order valence-electron chi connectivity index (χ0n) is 45.6. The largest absolute Gasteiger partial charge is 0.206 e. The minimum Gasteiger partial charge on any atom is -0.206 e. The van der Waals surface area contributed by atoms with E-state index in [1.165, 1.54) is 0 Å². The van der Waals surface area contributed by atoms with Gasteiger partial charge in [-0.2, -0.15) is 0 Å². The molecule has 10 aromatic rings. The third-order valence-electron chi connectivity index (χ3n) is 14.7. The van der Waals surface area contributed by atoms with Crippen molar-refractivity contribution in [2.24, 2.45) is 0 Å². The zero-order valence-corrected chi connectivity index (χ0v) is 45.6. The molecule has 0 saturated carbocycles. The van der Waals surface area contributed by atoms with Gasteiger partial charge in [-0.05, 0) is 6.07 Å². The molecule has 0 radical (unpaired) electrons. The van der Waals surface area contributed by atoms with Crippen LogP contribution in [-0.4, -0.2) is 0 Å². The van der Waals surface area contributed by atoms with Crippen molar-refractivity contribution in [3.8, 4) is 100 Å². The van der Waals surface area contributed by atoms with E-state index in [4.69, 9.17) is 0 Å². The van der Waals surface area contributed by atoms with Crippen LogP contribution >= 0.6 is 0 Å². The first-order valence-electron chi connectivity index (χ1n) is 25.1. The van der Waals surface area contributed by atoms with Gasteiger partial charge in [0.15, 0.2) is 186 Å². The van der Waals surface area contributed by atoms with Crippen LogP contribution in [0.15, 0.2) is 6.07 Å². The molecule has 528 valence electrons. The number of hydrogen-bond donors (Lipinski definition) is 0. The molecule has 10 rings (SSSR count). The van der Waals surface area contributed by atoms with Crippen molar-refractivity contribution in [1.82, 2.24) is 0 Å². The topological polar surface area (TPSA) is 0 Å². The highest BCUT2D eigenvalue weighted by Crippen LogP contribution is 2.54. The average Bonchev–Trinajstić information content (AvgIpc) is 0.712. The average molecular weight is 1500 g/mol. The van der Waals surface area contributed by atoms with Gasteiger partial charge in [-0.25, -0.2) is 180 Å². The van der Waals surface area contributed by atoms with Crippen molar-refractivity contribution in [2.45, 2.75) is 0 Å². The fourth-order valence-electron chi connectivity index (χ4n) is 10.2. The molecular weight excluding hydrogens is 1500 g/mol. The smallest absolute Gasteiger partial charge is 0.200 e. The third kappa shape index (κ3) is 9.98. The summed E-state index contributed by atoms with van der Waals surface area (Å²) in [7, 11) is 0. The predicted octanol–water partition coefficient (Wildman–Crippen LogP) is 22.4. The molecule has 0 aliphatic carbocycles. The molecule has 0 nitrogen and oxygen atoms in total. The van der Waals surface area contributed by atoms with Gasteiger partial charge < -0.3 is 0 Å². The monoisotopic (exact) mass is 1500 g/mol. The van der Waals surface area contributed by atoms with Crippen molar-refractivity contribution >= 4 is 0 Å². The predicted molar refractivity (Wildman–Crippen MR) is 254 cm³/mol. The molecule has 0 heterocycles. The first-order valence-corrected chi connectivity index (χ1v) is 25.1. The van der Waals surface area contributed by atoms with E-state index in [0.29, 0.717) is 0 Å². The maximum atomic E-state index is 17.8. The SMILES string of the molecule is Fc1c(F)c(F)c(-c2c(F)c(F)c(-c3cc(-c4c(F)c(F)c(-c5c(F)c(F)c(F)c(F)c5F)c(F)c4F)c(F)c(-c4c(F)c(-c5c(F)c(F)c(-c6c(F)c(F)c(F)c(F)c6F)c(F)c5F)c(F)c(-c5c(F)c(F)c(-c6c(F)c(F)c(F)c(F)c6F)c(F)c5F)c4F)c3F)c(F)c2F)c(F)c1F. The third-order valence-corrected chi connectivity index (χ3v) is 14.7. The Kier molecular flexibility index (Phi) is 18.0. The summed E-state index contributed by atoms with van der Waals surface area (Å²) in [4.78, 5) is 0. The Morgan fingerprint density at radius 1 is 0.0792 bits per heavy atom. The van der Waals surface area contributed by atoms with Crippen LogP contribution in [0.5, 0.6) is 0 Å². The molecule has 0 unspecified atom stereocenters. The van der Waals surface area contributed by atoms with Crippen LogP contribution in [0.2, 0.25) is 0 Å². The Morgan fingerprint density at radius 3 is 0.287 bits per heavy atom. The summed E-state index contributed by atoms with van der Waals surface area (Å²) in [5, 5.41) is 0. The van der Waals surface area contributed by atoms with Crippen molar-refractivity contribution in [3.63, 3.8) is 0 Å². The van der Waals surface area contributed by atoms with Gasteiger partial charge in [0, 0.05) is 11.1 Å². The molecular formula is C60HF41. The molecule has 0 spiro atoms. The molecule has 41 heteroatoms. The molecule has 10 aromatic carbocycles. The minimum absolute atomic E-state index is 1.38. The summed E-state index contributed by atoms with van der Waals surface area (Å²) in [6.07, 6.45) is 0. The Hall–Kier alpha value is -10.7. The quantitative estimate of drug-likeness (QED) is 0.0768. The van der Waals surface area contributed by atoms with E-state index in [2.05, 4.69) is 0 Å². The van der Waals surface area contributed by atoms with E-state index in [0.717, 1.165) is 0 Å². The first kappa shape index (κ1) is 73.1. The van der Waals surface area contributed by atoms with Crippen LogP contribution in [0.3, 0.4) is 0 Å². The molecule has 101 heavy (non-hydrogen) atoms. The highest BCUT2D eigenvalue weighted by Gasteiger charge is 2.46. The Bertz CT molecular complexity index is 4920. The van der Waals surface area contributed by atoms with E-state index in [-0.39, 0.29) is 0 Å². The first-order chi connectivity index (χ1) is 46.8. The van der Waals surface area contributed by atoms with Crippen molar-refractivity contribution < 1.29 is 180 Å². The molecule has 0 amide bonds. The van der Waals surface area contributed by atoms with E-state index in [9.17, 15) is 52.7 Å². The van der Waals surface area contributed by atoms with Crippen LogP contribution in [0.25, 0.3) is 100 Å². The van der Waals surface area contributed by atoms with Crippen molar-refractivity contribution in [2.75, 3.05) is 0 Å². The van der Waals surface area contributed by atoms with E-state index < -0.39 is 345 Å². The normalized spacial score (nSPS) is 11.8. The Morgan fingerprint density at radius 2 is 0.158 bits per heavy atom. The van der Waals surface area contributed by atoms with Gasteiger partial charge in [0.05, 0.1) is 89.0 Å². The summed E-state index contributed by atoms with van der Waals surface area (Å²) in [6, 6.07) is -1.38. The Labute approximate surface area is 524 Å². The maximum absolute atomic E-state index is 17.8. The molecule has 0 aliphatic rings. The Balaban J connectivity index is 1.46. The number of benzene rings is 10. The molecule has 0 saturated heterocycles. The molecule has 0 fully saturated rings. The second-order valence-corrected chi connectivity index (χ2v) is 19.8. The van der Waals surface area contributed by atoms with Gasteiger partial charge in [0.2, 0.25) is 23.3 Å². The van der Waals surface area contributed by atoms with Crippen LogP contribution in [0, 0.1) is 239 Å². The van der Waals surface area contributed by atoms with E-state index in [1.54, 1.807) is 0 Å². The molecule has 0 aliphatic heterocycles. The molecule has 0 aromatic heterocycles. The number of rotatable bonds is 9. The van der Waals surface area contributed by atoms with Crippen LogP contribution in [-0.2, 0) is 0 Å². The van der Waals surface area contributed by atoms with Gasteiger partial charge in [0.25, 0.3) is 0 Å². The minimum atomic E-state index is -4.20. The maximum Gasteiger partial charge on any atom is 0.200 e. The standard InChI is InChI=1S/C60HF41/c61-20-2(4-25(66)29(70)12(30(71)26(4)67)16-41(82)49(90)57(98)50(91)42(16)83)1-3(5-27(68)31(72)13(32(73)28(5)69)17-43(84)51(92)58(99)52(93)44(17)85)21(62)6(20)7-22(63)8(10-33(74)37(78)14(38(79)34(10)75)18-45(86)53(94)59(100)54(95)46(18)87)24(65)9(23(7)64)11-35(76)39(80)15(40(81)36(11)77)19-47(88)55(96)60(101)56(97)48(19)89/h1H. The number of halogens is 41. The second-order valence-electron chi connectivity index (χ2n) is 19.8. The lowest BCUT2D eigenvalue weighted by molar-refractivity contribution is 0.379. The lowest BCUT2D eigenvalue weighted by Gasteiger charge is -2.23. The highest BCUT2D eigenvalue weighted by atomic mass is 19.2. The zero-order chi connectivity index (χ0) is 75.8.